The molecule has 3 aromatic rings. The number of rotatable bonds is 7. The summed E-state index contributed by atoms with van der Waals surface area (Å²) in [5.41, 5.74) is 6.06. The third kappa shape index (κ3) is 4.82. The number of methoxy groups -OCH3 is 1. The maximum absolute atomic E-state index is 12.4. The van der Waals surface area contributed by atoms with Gasteiger partial charge in [-0.05, 0) is 51.5 Å². The normalized spacial score (nSPS) is 18.5. The lowest BCUT2D eigenvalue weighted by atomic mass is 9.93. The number of hydrogen-bond acceptors (Lipinski definition) is 4. The molecule has 186 valence electrons. The van der Waals surface area contributed by atoms with Crippen LogP contribution in [0, 0.1) is 13.8 Å². The monoisotopic (exact) mass is 487 g/mol. The van der Waals surface area contributed by atoms with Gasteiger partial charge in [-0.25, -0.2) is 0 Å². The number of aryl methyl sites for hydroxylation is 2. The molecule has 2 aromatic heterocycles. The Kier molecular flexibility index (Phi) is 7.98. The third-order valence-corrected chi connectivity index (χ3v) is 7.04. The van der Waals surface area contributed by atoms with E-state index >= 15 is 0 Å². The molecule has 1 aliphatic rings. The Labute approximate surface area is 208 Å². The Morgan fingerprint density at radius 1 is 1.26 bits per heavy atom. The molecular weight excluding hydrogens is 450 g/mol. The van der Waals surface area contributed by atoms with E-state index in [9.17, 15) is 4.79 Å². The number of fused-ring (bicyclic) bond motifs is 1. The van der Waals surface area contributed by atoms with Crippen molar-refractivity contribution in [3.05, 3.63) is 46.9 Å². The van der Waals surface area contributed by atoms with Crippen molar-refractivity contribution in [2.75, 3.05) is 20.2 Å². The highest BCUT2D eigenvalue weighted by Crippen LogP contribution is 2.36. The molecule has 0 aliphatic carbocycles. The van der Waals surface area contributed by atoms with Crippen LogP contribution in [0.3, 0.4) is 0 Å². The molecule has 7 nitrogen and oxygen atoms in total. The largest absolute Gasteiger partial charge is 0.497 e. The van der Waals surface area contributed by atoms with Crippen LogP contribution in [0.1, 0.15) is 61.7 Å². The summed E-state index contributed by atoms with van der Waals surface area (Å²) in [7, 11) is 3.78. The van der Waals surface area contributed by atoms with Gasteiger partial charge in [-0.15, -0.1) is 12.4 Å². The summed E-state index contributed by atoms with van der Waals surface area (Å²) >= 11 is 0. The van der Waals surface area contributed by atoms with Crippen molar-refractivity contribution < 1.29 is 9.53 Å². The second kappa shape index (κ2) is 10.4. The average Bonchev–Trinajstić information content (AvgIpc) is 3.42. The van der Waals surface area contributed by atoms with E-state index in [4.69, 9.17) is 9.84 Å². The first-order valence-corrected chi connectivity index (χ1v) is 11.9. The molecule has 2 atom stereocenters. The van der Waals surface area contributed by atoms with E-state index in [1.165, 1.54) is 27.7 Å². The first-order valence-electron chi connectivity index (χ1n) is 11.9. The van der Waals surface area contributed by atoms with E-state index in [-0.39, 0.29) is 30.3 Å². The molecule has 3 heterocycles. The number of benzene rings is 1. The molecule has 1 aromatic carbocycles. The van der Waals surface area contributed by atoms with Crippen LogP contribution in [0.25, 0.3) is 10.9 Å². The highest BCUT2D eigenvalue weighted by atomic mass is 35.5. The fourth-order valence-electron chi connectivity index (χ4n) is 5.26. The molecule has 34 heavy (non-hydrogen) atoms. The van der Waals surface area contributed by atoms with Crippen LogP contribution in [0.5, 0.6) is 5.75 Å². The summed E-state index contributed by atoms with van der Waals surface area (Å²) in [6, 6.07) is 6.63. The van der Waals surface area contributed by atoms with Gasteiger partial charge in [0.1, 0.15) is 5.75 Å². The molecule has 0 radical (unpaired) electrons. The number of carbonyl (C=O) groups excluding carboxylic acids is 1. The van der Waals surface area contributed by atoms with E-state index in [2.05, 4.69) is 72.5 Å². The van der Waals surface area contributed by atoms with E-state index in [0.29, 0.717) is 12.5 Å². The third-order valence-electron chi connectivity index (χ3n) is 7.04. The molecule has 0 saturated carbocycles. The van der Waals surface area contributed by atoms with E-state index in [1.54, 1.807) is 7.11 Å². The van der Waals surface area contributed by atoms with Crippen LogP contribution in [0.15, 0.2) is 24.4 Å². The highest BCUT2D eigenvalue weighted by molar-refractivity contribution is 5.86. The van der Waals surface area contributed by atoms with Crippen LogP contribution in [0.2, 0.25) is 0 Å². The zero-order valence-corrected chi connectivity index (χ0v) is 22.2. The number of amides is 1. The Bertz CT molecular complexity index is 1170. The van der Waals surface area contributed by atoms with Gasteiger partial charge in [-0.2, -0.15) is 5.10 Å². The summed E-state index contributed by atoms with van der Waals surface area (Å²) < 4.78 is 9.80. The van der Waals surface area contributed by atoms with E-state index < -0.39 is 0 Å². The maximum Gasteiger partial charge on any atom is 0.219 e. The number of ether oxygens (including phenoxy) is 1. The number of nitrogens with zero attached hydrogens (tertiary/aromatic N) is 4. The molecule has 4 rings (SSSR count). The van der Waals surface area contributed by atoms with Crippen molar-refractivity contribution in [2.24, 2.45) is 7.05 Å². The van der Waals surface area contributed by atoms with Gasteiger partial charge >= 0.3 is 0 Å². The van der Waals surface area contributed by atoms with Crippen LogP contribution in [-0.4, -0.2) is 51.4 Å². The highest BCUT2D eigenvalue weighted by Gasteiger charge is 2.37. The molecule has 0 bridgehead atoms. The zero-order valence-electron chi connectivity index (χ0n) is 21.4. The average molecular weight is 488 g/mol. The molecule has 1 saturated heterocycles. The van der Waals surface area contributed by atoms with Gasteiger partial charge in [0.05, 0.1) is 12.8 Å². The summed E-state index contributed by atoms with van der Waals surface area (Å²) in [5.74, 6) is 1.16. The van der Waals surface area contributed by atoms with Crippen molar-refractivity contribution in [3.8, 4) is 5.75 Å². The van der Waals surface area contributed by atoms with Crippen molar-refractivity contribution in [3.63, 3.8) is 0 Å². The van der Waals surface area contributed by atoms with Gasteiger partial charge in [0.25, 0.3) is 0 Å². The molecule has 8 heteroatoms. The lowest BCUT2D eigenvalue weighted by Gasteiger charge is -2.19. The quantitative estimate of drug-likeness (QED) is 0.533. The summed E-state index contributed by atoms with van der Waals surface area (Å²) in [6.45, 7) is 13.1. The summed E-state index contributed by atoms with van der Waals surface area (Å²) in [5, 5.41) is 9.28. The van der Waals surface area contributed by atoms with Gasteiger partial charge in [0.15, 0.2) is 0 Å². The standard InChI is InChI=1S/C26H37N5O2.ClH/c1-8-26(32)27-24-15-30(13-21-17(4)28-31(16(2)3)18(21)5)14-23(24)22-12-29(6)25-10-9-19(33-7)11-20(22)25;/h9-12,16,23-24H,8,13-15H2,1-7H3,(H,27,32);1H/t23-,24+;/m1./s1. The number of halogens is 1. The predicted molar refractivity (Wildman–Crippen MR) is 139 cm³/mol. The van der Waals surface area contributed by atoms with Gasteiger partial charge in [-0.1, -0.05) is 6.92 Å². The van der Waals surface area contributed by atoms with Crippen molar-refractivity contribution >= 4 is 29.2 Å². The lowest BCUT2D eigenvalue weighted by Crippen LogP contribution is -2.39. The molecule has 1 fully saturated rings. The first kappa shape index (κ1) is 26.1. The molecule has 0 unspecified atom stereocenters. The Morgan fingerprint density at radius 2 is 2.00 bits per heavy atom. The Balaban J connectivity index is 0.00000324. The number of hydrogen-bond donors (Lipinski definition) is 1. The van der Waals surface area contributed by atoms with Crippen LogP contribution >= 0.6 is 12.4 Å². The van der Waals surface area contributed by atoms with Crippen LogP contribution < -0.4 is 10.1 Å². The zero-order chi connectivity index (χ0) is 23.9. The van der Waals surface area contributed by atoms with Gasteiger partial charge < -0.3 is 14.6 Å². The second-order valence-corrected chi connectivity index (χ2v) is 9.59. The van der Waals surface area contributed by atoms with Crippen LogP contribution in [0.4, 0.5) is 0 Å². The predicted octanol–water partition coefficient (Wildman–Crippen LogP) is 4.50. The summed E-state index contributed by atoms with van der Waals surface area (Å²) in [4.78, 5) is 14.9. The minimum absolute atomic E-state index is 0. The number of aromatic nitrogens is 3. The summed E-state index contributed by atoms with van der Waals surface area (Å²) in [6.07, 6.45) is 2.71. The number of carbonyl (C=O) groups is 1. The smallest absolute Gasteiger partial charge is 0.219 e. The maximum atomic E-state index is 12.4. The fraction of sp³-hybridized carbons (Fsp3) is 0.538. The van der Waals surface area contributed by atoms with Crippen LogP contribution in [-0.2, 0) is 18.4 Å². The fourth-order valence-corrected chi connectivity index (χ4v) is 5.26. The SMILES string of the molecule is CCC(=O)N[C@H]1CN(Cc2c(C)nn(C(C)C)c2C)C[C@@H]1c1cn(C)c2ccc(OC)cc12.Cl. The molecule has 0 spiro atoms. The lowest BCUT2D eigenvalue weighted by molar-refractivity contribution is -0.121. The van der Waals surface area contributed by atoms with Crippen molar-refractivity contribution in [1.82, 2.24) is 24.6 Å². The first-order chi connectivity index (χ1) is 15.7. The minimum atomic E-state index is 0. The molecule has 1 amide bonds. The van der Waals surface area contributed by atoms with Gasteiger partial charge in [0, 0.05) is 79.5 Å². The Hall–Kier alpha value is -2.51. The molecular formula is C26H38ClN5O2. The van der Waals surface area contributed by atoms with Gasteiger partial charge in [0.2, 0.25) is 5.91 Å². The number of likely N-dealkylation sites (tertiary alicyclic amines) is 1. The van der Waals surface area contributed by atoms with E-state index in [0.717, 1.165) is 31.1 Å². The van der Waals surface area contributed by atoms with Crippen molar-refractivity contribution in [1.29, 1.82) is 0 Å². The second-order valence-electron chi connectivity index (χ2n) is 9.59. The molecule has 1 aliphatic heterocycles. The number of nitrogens with one attached hydrogen (secondary N) is 1. The van der Waals surface area contributed by atoms with E-state index in [1.807, 2.05) is 13.0 Å². The Morgan fingerprint density at radius 3 is 2.62 bits per heavy atom. The van der Waals surface area contributed by atoms with Crippen molar-refractivity contribution in [2.45, 2.75) is 65.6 Å². The topological polar surface area (TPSA) is 64.3 Å². The molecule has 1 N–H and O–H groups in total. The minimum Gasteiger partial charge on any atom is -0.497 e. The van der Waals surface area contributed by atoms with Gasteiger partial charge in [-0.3, -0.25) is 14.4 Å².